The number of aryl methyl sites for hydroxylation is 2. The Labute approximate surface area is 235 Å². The maximum absolute atomic E-state index is 10.0. The molecule has 3 aromatic carbocycles. The van der Waals surface area contributed by atoms with E-state index >= 15 is 0 Å². The first-order chi connectivity index (χ1) is 19.5. The van der Waals surface area contributed by atoms with Crippen LogP contribution in [0, 0.1) is 25.2 Å². The molecule has 1 aliphatic heterocycles. The maximum Gasteiger partial charge on any atom is 0.228 e. The number of allylic oxidation sites excluding steroid dienone is 1. The number of pyridine rings is 1. The predicted octanol–water partition coefficient (Wildman–Crippen LogP) is 7.29. The number of benzene rings is 3. The van der Waals surface area contributed by atoms with Crippen molar-refractivity contribution in [3.8, 4) is 17.7 Å². The Kier molecular flexibility index (Phi) is 5.58. The molecule has 0 saturated heterocycles. The molecule has 8 heteroatoms. The normalized spacial score (nSPS) is 14.4. The van der Waals surface area contributed by atoms with Crippen molar-refractivity contribution < 1.29 is 4.74 Å². The number of ether oxygens (including phenoxy) is 1. The molecule has 7 rings (SSSR count). The number of nitrogens with zero attached hydrogens (tertiary/aromatic N) is 6. The average molecular weight is 541 g/mol. The molecule has 192 valence electrons. The number of nitriles is 1. The van der Waals surface area contributed by atoms with Crippen molar-refractivity contribution in [2.75, 3.05) is 0 Å². The van der Waals surface area contributed by atoms with Gasteiger partial charge in [-0.05, 0) is 49.2 Å². The Morgan fingerprint density at radius 1 is 0.975 bits per heavy atom. The van der Waals surface area contributed by atoms with E-state index in [4.69, 9.17) is 26.3 Å². The molecule has 0 amide bonds. The highest BCUT2D eigenvalue weighted by Gasteiger charge is 2.35. The van der Waals surface area contributed by atoms with E-state index in [0.29, 0.717) is 33.7 Å². The van der Waals surface area contributed by atoms with E-state index in [1.807, 2.05) is 74.5 Å². The lowest BCUT2D eigenvalue weighted by atomic mass is 9.83. The summed E-state index contributed by atoms with van der Waals surface area (Å²) in [7, 11) is 0. The molecule has 1 atom stereocenters. The first-order valence-corrected chi connectivity index (χ1v) is 13.1. The summed E-state index contributed by atoms with van der Waals surface area (Å²) < 4.78 is 8.08. The van der Waals surface area contributed by atoms with Crippen molar-refractivity contribution in [2.45, 2.75) is 19.8 Å². The third-order valence-electron chi connectivity index (χ3n) is 7.12. The SMILES string of the molecule is Cc1ccc(/C=C(\C#N)c2nc3c4c(ncn3n2)Oc2c(ccc3ccc(C)nc23)C4c2ccc(Cl)cc2)cc1. The average Bonchev–Trinajstić information content (AvgIpc) is 3.41. The second kappa shape index (κ2) is 9.30. The molecular weight excluding hydrogens is 520 g/mol. The zero-order chi connectivity index (χ0) is 27.4. The van der Waals surface area contributed by atoms with E-state index in [-0.39, 0.29) is 5.92 Å². The van der Waals surface area contributed by atoms with Crippen molar-refractivity contribution in [1.29, 1.82) is 5.26 Å². The summed E-state index contributed by atoms with van der Waals surface area (Å²) in [4.78, 5) is 14.3. The largest absolute Gasteiger partial charge is 0.436 e. The molecule has 4 heterocycles. The predicted molar refractivity (Wildman–Crippen MR) is 154 cm³/mol. The molecule has 0 aliphatic carbocycles. The lowest BCUT2D eigenvalue weighted by Crippen LogP contribution is -2.15. The lowest BCUT2D eigenvalue weighted by molar-refractivity contribution is 0.436. The summed E-state index contributed by atoms with van der Waals surface area (Å²) in [6.07, 6.45) is 3.36. The highest BCUT2D eigenvalue weighted by atomic mass is 35.5. The van der Waals surface area contributed by atoms with Gasteiger partial charge in [-0.1, -0.05) is 71.8 Å². The molecule has 6 aromatic rings. The summed E-state index contributed by atoms with van der Waals surface area (Å²) in [6.45, 7) is 3.98. The Bertz CT molecular complexity index is 2020. The minimum Gasteiger partial charge on any atom is -0.436 e. The van der Waals surface area contributed by atoms with E-state index in [2.05, 4.69) is 28.3 Å². The molecule has 0 N–H and O–H groups in total. The fraction of sp³-hybridized carbons (Fsp3) is 0.0938. The molecule has 1 aliphatic rings. The van der Waals surface area contributed by atoms with E-state index in [9.17, 15) is 5.26 Å². The fourth-order valence-electron chi connectivity index (χ4n) is 5.15. The van der Waals surface area contributed by atoms with Crippen LogP contribution in [0.15, 0.2) is 79.1 Å². The van der Waals surface area contributed by atoms with E-state index < -0.39 is 0 Å². The van der Waals surface area contributed by atoms with Gasteiger partial charge in [0.25, 0.3) is 0 Å². The number of fused-ring (bicyclic) bond motifs is 6. The summed E-state index contributed by atoms with van der Waals surface area (Å²) in [5, 5.41) is 16.3. The van der Waals surface area contributed by atoms with Gasteiger partial charge in [-0.2, -0.15) is 5.26 Å². The van der Waals surface area contributed by atoms with Crippen molar-refractivity contribution in [1.82, 2.24) is 24.6 Å². The topological polar surface area (TPSA) is 89.0 Å². The highest BCUT2D eigenvalue weighted by Crippen LogP contribution is 2.50. The second-order valence-corrected chi connectivity index (χ2v) is 10.3. The number of rotatable bonds is 3. The first-order valence-electron chi connectivity index (χ1n) is 12.8. The molecule has 1 unspecified atom stereocenters. The van der Waals surface area contributed by atoms with E-state index in [1.165, 1.54) is 0 Å². The highest BCUT2D eigenvalue weighted by molar-refractivity contribution is 6.30. The quantitative estimate of drug-likeness (QED) is 0.219. The van der Waals surface area contributed by atoms with Crippen LogP contribution < -0.4 is 4.74 Å². The van der Waals surface area contributed by atoms with Crippen molar-refractivity contribution in [3.05, 3.63) is 123 Å². The Morgan fingerprint density at radius 2 is 1.75 bits per heavy atom. The number of hydrogen-bond donors (Lipinski definition) is 0. The van der Waals surface area contributed by atoms with Gasteiger partial charge in [-0.15, -0.1) is 5.10 Å². The van der Waals surface area contributed by atoms with Gasteiger partial charge in [0, 0.05) is 27.6 Å². The second-order valence-electron chi connectivity index (χ2n) is 9.84. The van der Waals surface area contributed by atoms with Crippen LogP contribution >= 0.6 is 11.6 Å². The zero-order valence-electron chi connectivity index (χ0n) is 21.6. The number of halogens is 1. The Hall–Kier alpha value is -5.06. The van der Waals surface area contributed by atoms with Crippen LogP contribution in [-0.4, -0.2) is 24.6 Å². The minimum absolute atomic E-state index is 0.275. The number of hydrogen-bond acceptors (Lipinski definition) is 6. The van der Waals surface area contributed by atoms with Crippen LogP contribution in [0.25, 0.3) is 28.2 Å². The summed E-state index contributed by atoms with van der Waals surface area (Å²) in [6, 6.07) is 26.1. The van der Waals surface area contributed by atoms with Crippen LogP contribution in [-0.2, 0) is 0 Å². The molecule has 0 radical (unpaired) electrons. The molecule has 0 spiro atoms. The first kappa shape index (κ1) is 24.0. The monoisotopic (exact) mass is 540 g/mol. The molecule has 0 bridgehead atoms. The van der Waals surface area contributed by atoms with Gasteiger partial charge in [-0.25, -0.2) is 19.5 Å². The van der Waals surface area contributed by atoms with E-state index in [1.54, 1.807) is 16.9 Å². The third kappa shape index (κ3) is 3.98. The van der Waals surface area contributed by atoms with Crippen molar-refractivity contribution in [2.24, 2.45) is 0 Å². The molecule has 7 nitrogen and oxygen atoms in total. The van der Waals surface area contributed by atoms with Gasteiger partial charge in [0.05, 0.1) is 11.1 Å². The Morgan fingerprint density at radius 3 is 2.52 bits per heavy atom. The van der Waals surface area contributed by atoms with Crippen LogP contribution in [0.2, 0.25) is 5.02 Å². The Balaban J connectivity index is 1.45. The fourth-order valence-corrected chi connectivity index (χ4v) is 5.27. The summed E-state index contributed by atoms with van der Waals surface area (Å²) >= 11 is 6.26. The van der Waals surface area contributed by atoms with E-state index in [0.717, 1.165) is 44.4 Å². The standard InChI is InChI=1S/C32H21ClN6O/c1-18-3-6-20(7-4-18)15-23(16-34)30-37-31-27-26(21-9-12-24(33)13-10-21)25-14-11-22-8-5-19(2)36-28(22)29(25)40-32(27)35-17-39(31)38-30/h3-15,17,26H,1-2H3/b23-15+. The molecular formula is C32H21ClN6O. The van der Waals surface area contributed by atoms with Gasteiger partial charge in [0.1, 0.15) is 17.9 Å². The number of aromatic nitrogens is 5. The molecule has 3 aromatic heterocycles. The van der Waals surface area contributed by atoms with Crippen LogP contribution in [0.5, 0.6) is 11.6 Å². The summed E-state index contributed by atoms with van der Waals surface area (Å²) in [5.74, 6) is 1.13. The van der Waals surface area contributed by atoms with Crippen molar-refractivity contribution in [3.63, 3.8) is 0 Å². The minimum atomic E-state index is -0.275. The van der Waals surface area contributed by atoms with Gasteiger partial charge >= 0.3 is 0 Å². The molecule has 40 heavy (non-hydrogen) atoms. The van der Waals surface area contributed by atoms with Crippen LogP contribution in [0.3, 0.4) is 0 Å². The maximum atomic E-state index is 10.0. The van der Waals surface area contributed by atoms with Gasteiger partial charge in [0.2, 0.25) is 5.88 Å². The van der Waals surface area contributed by atoms with Gasteiger partial charge < -0.3 is 4.74 Å². The van der Waals surface area contributed by atoms with Crippen LogP contribution in [0.1, 0.15) is 45.3 Å². The molecule has 0 fully saturated rings. The smallest absolute Gasteiger partial charge is 0.228 e. The van der Waals surface area contributed by atoms with Crippen molar-refractivity contribution >= 4 is 39.8 Å². The van der Waals surface area contributed by atoms with Gasteiger partial charge in [-0.3, -0.25) is 0 Å². The lowest BCUT2D eigenvalue weighted by Gasteiger charge is -2.28. The van der Waals surface area contributed by atoms with Gasteiger partial charge in [0.15, 0.2) is 17.2 Å². The van der Waals surface area contributed by atoms with Crippen LogP contribution in [0.4, 0.5) is 0 Å². The molecule has 0 saturated carbocycles. The zero-order valence-corrected chi connectivity index (χ0v) is 22.4. The third-order valence-corrected chi connectivity index (χ3v) is 7.38. The summed E-state index contributed by atoms with van der Waals surface area (Å²) in [5.41, 5.74) is 7.33.